The molecular weight excluding hydrogens is 516 g/mol. The highest BCUT2D eigenvalue weighted by molar-refractivity contribution is 6.05. The normalized spacial score (nSPS) is 18.6. The van der Waals surface area contributed by atoms with Crippen LogP contribution in [0.1, 0.15) is 28.9 Å². The van der Waals surface area contributed by atoms with Gasteiger partial charge in [-0.05, 0) is 48.1 Å². The van der Waals surface area contributed by atoms with Crippen LogP contribution >= 0.6 is 0 Å². The first-order valence-corrected chi connectivity index (χ1v) is 14.6. The fraction of sp³-hybridized carbons (Fsp3) is 0.419. The number of aryl methyl sites for hydroxylation is 1. The van der Waals surface area contributed by atoms with Crippen LogP contribution in [0.2, 0.25) is 0 Å². The highest BCUT2D eigenvalue weighted by Crippen LogP contribution is 2.30. The molecule has 0 unspecified atom stereocenters. The Balaban J connectivity index is 1.07. The van der Waals surface area contributed by atoms with Gasteiger partial charge in [-0.1, -0.05) is 12.1 Å². The summed E-state index contributed by atoms with van der Waals surface area (Å²) in [5.74, 6) is 1.19. The van der Waals surface area contributed by atoms with E-state index in [1.54, 1.807) is 12.3 Å². The van der Waals surface area contributed by atoms with Crippen molar-refractivity contribution < 1.29 is 9.53 Å². The van der Waals surface area contributed by atoms with Crippen LogP contribution in [0, 0.1) is 0 Å². The maximum Gasteiger partial charge on any atom is 0.257 e. The minimum atomic E-state index is -0.187. The van der Waals surface area contributed by atoms with Crippen molar-refractivity contribution in [2.75, 3.05) is 62.7 Å². The Bertz CT molecular complexity index is 1550. The molecule has 1 saturated carbocycles. The molecule has 0 radical (unpaired) electrons. The third-order valence-corrected chi connectivity index (χ3v) is 8.52. The first-order valence-electron chi connectivity index (χ1n) is 14.6. The van der Waals surface area contributed by atoms with Crippen molar-refractivity contribution in [2.45, 2.75) is 25.4 Å². The number of piperazine rings is 1. The summed E-state index contributed by atoms with van der Waals surface area (Å²) in [6.45, 7) is 8.20. The molecule has 3 aromatic heterocycles. The van der Waals surface area contributed by atoms with Crippen molar-refractivity contribution in [3.8, 4) is 11.1 Å². The van der Waals surface area contributed by atoms with Gasteiger partial charge in [0.15, 0.2) is 0 Å². The minimum Gasteiger partial charge on any atom is -0.379 e. The van der Waals surface area contributed by atoms with E-state index >= 15 is 0 Å². The summed E-state index contributed by atoms with van der Waals surface area (Å²) in [5, 5.41) is 9.59. The fourth-order valence-corrected chi connectivity index (χ4v) is 5.92. The van der Waals surface area contributed by atoms with Crippen LogP contribution in [0.25, 0.3) is 21.9 Å². The van der Waals surface area contributed by atoms with Gasteiger partial charge in [0.2, 0.25) is 0 Å². The van der Waals surface area contributed by atoms with Gasteiger partial charge in [-0.3, -0.25) is 19.3 Å². The third kappa shape index (κ3) is 5.68. The Morgan fingerprint density at radius 2 is 1.78 bits per heavy atom. The lowest BCUT2D eigenvalue weighted by Crippen LogP contribution is -2.47. The number of benzene rings is 1. The van der Waals surface area contributed by atoms with E-state index in [9.17, 15) is 4.79 Å². The van der Waals surface area contributed by atoms with Crippen LogP contribution < -0.4 is 10.2 Å². The first-order chi connectivity index (χ1) is 20.1. The number of fused-ring (bicyclic) bond motifs is 1. The zero-order valence-electron chi connectivity index (χ0n) is 23.5. The maximum atomic E-state index is 13.2. The lowest BCUT2D eigenvalue weighted by molar-refractivity contribution is 0.0332. The van der Waals surface area contributed by atoms with E-state index in [4.69, 9.17) is 4.74 Å². The van der Waals surface area contributed by atoms with Crippen LogP contribution in [-0.2, 0) is 18.3 Å². The molecule has 4 aromatic rings. The summed E-state index contributed by atoms with van der Waals surface area (Å²) in [4.78, 5) is 29.6. The summed E-state index contributed by atoms with van der Waals surface area (Å²) in [6.07, 6.45) is 8.13. The number of pyridine rings is 2. The van der Waals surface area contributed by atoms with Crippen molar-refractivity contribution in [3.05, 3.63) is 66.2 Å². The summed E-state index contributed by atoms with van der Waals surface area (Å²) in [6, 6.07) is 12.7. The number of anilines is 2. The largest absolute Gasteiger partial charge is 0.379 e. The van der Waals surface area contributed by atoms with Crippen molar-refractivity contribution in [2.24, 2.45) is 7.05 Å². The number of carbonyl (C=O) groups excluding carboxylic acids is 1. The van der Waals surface area contributed by atoms with E-state index in [0.717, 1.165) is 92.8 Å². The molecule has 2 saturated heterocycles. The SMILES string of the molecule is Cn1ncc(-c2ccc3cnc(NC(=O)c4ccnc(N5CCN(C6CC6)CC5)c4)cc3c2)c1CN1CCOCC1. The lowest BCUT2D eigenvalue weighted by atomic mass is 10.0. The summed E-state index contributed by atoms with van der Waals surface area (Å²) in [5.41, 5.74) is 3.97. The number of hydrogen-bond acceptors (Lipinski definition) is 8. The van der Waals surface area contributed by atoms with Crippen LogP contribution in [0.5, 0.6) is 0 Å². The average molecular weight is 553 g/mol. The number of morpholine rings is 1. The van der Waals surface area contributed by atoms with Crippen molar-refractivity contribution in [1.29, 1.82) is 0 Å². The number of aromatic nitrogens is 4. The Hall–Kier alpha value is -3.86. The summed E-state index contributed by atoms with van der Waals surface area (Å²) in [7, 11) is 2.00. The van der Waals surface area contributed by atoms with Crippen LogP contribution in [0.3, 0.4) is 0 Å². The Morgan fingerprint density at radius 1 is 0.951 bits per heavy atom. The molecule has 0 bridgehead atoms. The van der Waals surface area contributed by atoms with Gasteiger partial charge in [-0.2, -0.15) is 5.10 Å². The number of hydrogen-bond donors (Lipinski definition) is 1. The average Bonchev–Trinajstić information content (AvgIpc) is 3.81. The van der Waals surface area contributed by atoms with Gasteiger partial charge in [0, 0.05) is 87.8 Å². The third-order valence-electron chi connectivity index (χ3n) is 8.52. The highest BCUT2D eigenvalue weighted by Gasteiger charge is 2.31. The first kappa shape index (κ1) is 26.1. The molecular formula is C31H36N8O2. The van der Waals surface area contributed by atoms with E-state index in [2.05, 4.69) is 53.3 Å². The topological polar surface area (TPSA) is 91.6 Å². The molecule has 1 N–H and O–H groups in total. The van der Waals surface area contributed by atoms with Crippen molar-refractivity contribution >= 4 is 28.3 Å². The molecule has 2 aliphatic heterocycles. The summed E-state index contributed by atoms with van der Waals surface area (Å²) < 4.78 is 7.48. The van der Waals surface area contributed by atoms with Crippen molar-refractivity contribution in [3.63, 3.8) is 0 Å². The molecule has 0 spiro atoms. The molecule has 1 amide bonds. The molecule has 7 rings (SSSR count). The van der Waals surface area contributed by atoms with E-state index in [1.165, 1.54) is 18.5 Å². The fourth-order valence-electron chi connectivity index (χ4n) is 5.92. The Labute approximate surface area is 239 Å². The second-order valence-corrected chi connectivity index (χ2v) is 11.3. The standard InChI is InChI=1S/C31H36N8O2/c1-36-28(21-37-12-14-41-15-13-37)27(20-34-36)22-2-3-24-19-33-29(17-25(24)16-22)35-31(40)23-6-7-32-30(18-23)39-10-8-38(9-11-39)26-4-5-26/h2-3,6-7,16-20,26H,4-5,8-15,21H2,1H3,(H,33,35,40). The predicted octanol–water partition coefficient (Wildman–Crippen LogP) is 3.40. The molecule has 5 heterocycles. The van der Waals surface area contributed by atoms with Crippen LogP contribution in [0.15, 0.2) is 55.0 Å². The second kappa shape index (κ2) is 11.2. The van der Waals surface area contributed by atoms with Crippen molar-refractivity contribution in [1.82, 2.24) is 29.5 Å². The molecule has 0 atom stereocenters. The number of ether oxygens (including phenoxy) is 1. The monoisotopic (exact) mass is 552 g/mol. The van der Waals surface area contributed by atoms with Gasteiger partial charge >= 0.3 is 0 Å². The second-order valence-electron chi connectivity index (χ2n) is 11.3. The smallest absolute Gasteiger partial charge is 0.257 e. The minimum absolute atomic E-state index is 0.187. The molecule has 10 heteroatoms. The number of amides is 1. The quantitative estimate of drug-likeness (QED) is 0.373. The molecule has 3 aliphatic rings. The zero-order valence-corrected chi connectivity index (χ0v) is 23.5. The molecule has 41 heavy (non-hydrogen) atoms. The van der Waals surface area contributed by atoms with E-state index < -0.39 is 0 Å². The van der Waals surface area contributed by atoms with Gasteiger partial charge in [0.05, 0.1) is 25.1 Å². The van der Waals surface area contributed by atoms with E-state index in [1.807, 2.05) is 36.3 Å². The van der Waals surface area contributed by atoms with Gasteiger partial charge in [-0.15, -0.1) is 0 Å². The van der Waals surface area contributed by atoms with Gasteiger partial charge in [0.1, 0.15) is 11.6 Å². The van der Waals surface area contributed by atoms with Crippen LogP contribution in [0.4, 0.5) is 11.6 Å². The van der Waals surface area contributed by atoms with Gasteiger partial charge in [0.25, 0.3) is 5.91 Å². The van der Waals surface area contributed by atoms with E-state index in [0.29, 0.717) is 11.4 Å². The van der Waals surface area contributed by atoms with Crippen LogP contribution in [-0.4, -0.2) is 94.0 Å². The number of carbonyl (C=O) groups is 1. The predicted molar refractivity (Wildman–Crippen MR) is 159 cm³/mol. The lowest BCUT2D eigenvalue weighted by Gasteiger charge is -2.35. The zero-order chi connectivity index (χ0) is 27.8. The Morgan fingerprint density at radius 3 is 2.59 bits per heavy atom. The molecule has 10 nitrogen and oxygen atoms in total. The summed E-state index contributed by atoms with van der Waals surface area (Å²) >= 11 is 0. The molecule has 3 fully saturated rings. The molecule has 1 aliphatic carbocycles. The van der Waals surface area contributed by atoms with Gasteiger partial charge < -0.3 is 15.0 Å². The number of nitrogens with one attached hydrogen (secondary N) is 1. The number of nitrogens with zero attached hydrogens (tertiary/aromatic N) is 7. The maximum absolute atomic E-state index is 13.2. The molecule has 1 aromatic carbocycles. The number of rotatable bonds is 7. The van der Waals surface area contributed by atoms with E-state index in [-0.39, 0.29) is 5.91 Å². The van der Waals surface area contributed by atoms with Gasteiger partial charge in [-0.25, -0.2) is 9.97 Å². The highest BCUT2D eigenvalue weighted by atomic mass is 16.5. The molecule has 212 valence electrons. The Kier molecular flexibility index (Phi) is 7.12.